The Labute approximate surface area is 156 Å². The van der Waals surface area contributed by atoms with Crippen LogP contribution in [0.3, 0.4) is 0 Å². The first kappa shape index (κ1) is 19.0. The summed E-state index contributed by atoms with van der Waals surface area (Å²) in [5.74, 6) is 0. The molecule has 0 saturated carbocycles. The third-order valence-corrected chi connectivity index (χ3v) is 4.88. The molecule has 0 unspecified atom stereocenters. The van der Waals surface area contributed by atoms with Gasteiger partial charge in [0.25, 0.3) is 0 Å². The number of thiophene rings is 1. The van der Waals surface area contributed by atoms with Crippen molar-refractivity contribution in [2.24, 2.45) is 5.73 Å². The summed E-state index contributed by atoms with van der Waals surface area (Å²) in [5, 5.41) is 23.8. The number of hydrogen-bond donors (Lipinski definition) is 3. The van der Waals surface area contributed by atoms with Gasteiger partial charge in [-0.05, 0) is 31.7 Å². The molecule has 0 radical (unpaired) electrons. The van der Waals surface area contributed by atoms with E-state index in [2.05, 4.69) is 35.1 Å². The van der Waals surface area contributed by atoms with Crippen LogP contribution >= 0.6 is 24.0 Å². The summed E-state index contributed by atoms with van der Waals surface area (Å²) < 4.78 is 0.878. The normalized spacial score (nSPS) is 13.0. The lowest BCUT2D eigenvalue weighted by atomic mass is 10.1. The van der Waals surface area contributed by atoms with Crippen LogP contribution in [0.4, 0.5) is 5.69 Å². The summed E-state index contributed by atoms with van der Waals surface area (Å²) in [4.78, 5) is 5.25. The highest BCUT2D eigenvalue weighted by molar-refractivity contribution is 7.83. The van der Waals surface area contributed by atoms with Crippen LogP contribution in [0.2, 0.25) is 0 Å². The molecule has 0 saturated heterocycles. The van der Waals surface area contributed by atoms with E-state index in [1.807, 2.05) is 26.0 Å². The fourth-order valence-electron chi connectivity index (χ4n) is 2.35. The zero-order chi connectivity index (χ0) is 18.4. The van der Waals surface area contributed by atoms with Crippen molar-refractivity contribution in [2.75, 3.05) is 11.9 Å². The standard InChI is InChI=1S/C18H19N5S2/c1-11(4-3-5-24)10-22-15-7-13(8-19)23-17-14(9-20)16(6-12(2)21)25-18(15)17/h3-5,7,12,24H,6,10,21H2,1-2H3,(H,22,23)/b5-3-,11-4+/t12-/m0/s1. The Morgan fingerprint density at radius 2 is 2.24 bits per heavy atom. The van der Waals surface area contributed by atoms with Gasteiger partial charge in [-0.1, -0.05) is 17.7 Å². The molecule has 2 rings (SSSR count). The fraction of sp³-hybridized carbons (Fsp3) is 0.278. The summed E-state index contributed by atoms with van der Waals surface area (Å²) in [5.41, 5.74) is 9.19. The van der Waals surface area contributed by atoms with Crippen molar-refractivity contribution in [1.82, 2.24) is 4.98 Å². The van der Waals surface area contributed by atoms with E-state index in [4.69, 9.17) is 5.73 Å². The predicted molar refractivity (Wildman–Crippen MR) is 107 cm³/mol. The minimum absolute atomic E-state index is 0.0507. The van der Waals surface area contributed by atoms with Gasteiger partial charge in [0.2, 0.25) is 0 Å². The van der Waals surface area contributed by atoms with Crippen LogP contribution in [0.15, 0.2) is 29.2 Å². The van der Waals surface area contributed by atoms with Crippen LogP contribution in [-0.2, 0) is 6.42 Å². The summed E-state index contributed by atoms with van der Waals surface area (Å²) >= 11 is 5.54. The van der Waals surface area contributed by atoms with E-state index in [1.165, 1.54) is 11.3 Å². The van der Waals surface area contributed by atoms with Crippen molar-refractivity contribution in [2.45, 2.75) is 26.3 Å². The Morgan fingerprint density at radius 1 is 1.48 bits per heavy atom. The molecule has 7 heteroatoms. The number of nitriles is 2. The quantitative estimate of drug-likeness (QED) is 0.532. The highest BCUT2D eigenvalue weighted by Gasteiger charge is 2.18. The Bertz CT molecular complexity index is 910. The number of pyridine rings is 1. The number of nitrogens with zero attached hydrogens (tertiary/aromatic N) is 3. The second-order valence-corrected chi connectivity index (χ2v) is 7.15. The van der Waals surface area contributed by atoms with E-state index in [9.17, 15) is 10.5 Å². The van der Waals surface area contributed by atoms with Gasteiger partial charge in [-0.15, -0.1) is 11.3 Å². The van der Waals surface area contributed by atoms with Gasteiger partial charge in [0.15, 0.2) is 0 Å². The van der Waals surface area contributed by atoms with E-state index in [1.54, 1.807) is 11.5 Å². The molecule has 25 heavy (non-hydrogen) atoms. The third-order valence-electron chi connectivity index (χ3n) is 3.47. The topological polar surface area (TPSA) is 98.5 Å². The van der Waals surface area contributed by atoms with Crippen LogP contribution in [0.25, 0.3) is 10.2 Å². The largest absolute Gasteiger partial charge is 0.380 e. The lowest BCUT2D eigenvalue weighted by molar-refractivity contribution is 0.746. The lowest BCUT2D eigenvalue weighted by Gasteiger charge is -2.08. The molecular formula is C18H19N5S2. The average Bonchev–Trinajstić information content (AvgIpc) is 2.93. The monoisotopic (exact) mass is 369 g/mol. The number of aromatic nitrogens is 1. The summed E-state index contributed by atoms with van der Waals surface area (Å²) in [6.07, 6.45) is 4.42. The number of fused-ring (bicyclic) bond motifs is 1. The molecule has 3 N–H and O–H groups in total. The van der Waals surface area contributed by atoms with Gasteiger partial charge >= 0.3 is 0 Å². The molecule has 1 atom stereocenters. The van der Waals surface area contributed by atoms with Crippen molar-refractivity contribution in [3.8, 4) is 12.1 Å². The molecule has 0 aliphatic heterocycles. The molecule has 0 aliphatic rings. The van der Waals surface area contributed by atoms with Gasteiger partial charge in [-0.25, -0.2) is 4.98 Å². The van der Waals surface area contributed by atoms with Crippen molar-refractivity contribution in [3.63, 3.8) is 0 Å². The van der Waals surface area contributed by atoms with Crippen molar-refractivity contribution in [1.29, 1.82) is 10.5 Å². The van der Waals surface area contributed by atoms with E-state index in [-0.39, 0.29) is 11.7 Å². The molecule has 0 aliphatic carbocycles. The maximum Gasteiger partial charge on any atom is 0.143 e. The van der Waals surface area contributed by atoms with E-state index in [0.29, 0.717) is 24.0 Å². The highest BCUT2D eigenvalue weighted by atomic mass is 32.1. The van der Waals surface area contributed by atoms with Crippen molar-refractivity contribution < 1.29 is 0 Å². The maximum atomic E-state index is 9.54. The third kappa shape index (κ3) is 4.61. The zero-order valence-electron chi connectivity index (χ0n) is 14.1. The van der Waals surface area contributed by atoms with Gasteiger partial charge in [0.05, 0.1) is 16.0 Å². The Morgan fingerprint density at radius 3 is 2.84 bits per heavy atom. The average molecular weight is 370 g/mol. The van der Waals surface area contributed by atoms with Crippen molar-refractivity contribution in [3.05, 3.63) is 45.3 Å². The number of nitrogens with one attached hydrogen (secondary N) is 1. The zero-order valence-corrected chi connectivity index (χ0v) is 15.8. The van der Waals surface area contributed by atoms with Crippen LogP contribution in [0.5, 0.6) is 0 Å². The molecule has 128 valence electrons. The van der Waals surface area contributed by atoms with Gasteiger partial charge in [-0.2, -0.15) is 23.2 Å². The van der Waals surface area contributed by atoms with E-state index in [0.717, 1.165) is 20.8 Å². The molecular weight excluding hydrogens is 350 g/mol. The molecule has 0 amide bonds. The maximum absolute atomic E-state index is 9.54. The van der Waals surface area contributed by atoms with Gasteiger partial charge in [0, 0.05) is 17.5 Å². The molecule has 2 aromatic heterocycles. The van der Waals surface area contributed by atoms with Crippen LogP contribution in [0.1, 0.15) is 30.0 Å². The Hall–Kier alpha value is -2.32. The van der Waals surface area contributed by atoms with Crippen LogP contribution in [0, 0.1) is 22.7 Å². The second kappa shape index (κ2) is 8.68. The number of allylic oxidation sites excluding steroid dienone is 2. The first-order valence-electron chi connectivity index (χ1n) is 7.72. The SMILES string of the molecule is C/C(=C\C=C/S)CNc1cc(C#N)nc2c(C#N)c(C[C@H](C)N)sc12. The summed E-state index contributed by atoms with van der Waals surface area (Å²) in [6, 6.07) is 5.96. The van der Waals surface area contributed by atoms with Crippen LogP contribution < -0.4 is 11.1 Å². The highest BCUT2D eigenvalue weighted by Crippen LogP contribution is 2.36. The summed E-state index contributed by atoms with van der Waals surface area (Å²) in [7, 11) is 0. The smallest absolute Gasteiger partial charge is 0.143 e. The Balaban J connectivity index is 2.50. The first-order valence-corrected chi connectivity index (χ1v) is 9.06. The molecule has 2 aromatic rings. The van der Waals surface area contributed by atoms with E-state index < -0.39 is 0 Å². The lowest BCUT2D eigenvalue weighted by Crippen LogP contribution is -2.17. The first-order chi connectivity index (χ1) is 12.0. The number of rotatable bonds is 6. The predicted octanol–water partition coefficient (Wildman–Crippen LogP) is 3.73. The van der Waals surface area contributed by atoms with Gasteiger partial charge in [-0.3, -0.25) is 0 Å². The van der Waals surface area contributed by atoms with Gasteiger partial charge < -0.3 is 11.1 Å². The molecule has 0 bridgehead atoms. The van der Waals surface area contributed by atoms with E-state index >= 15 is 0 Å². The minimum Gasteiger partial charge on any atom is -0.380 e. The molecule has 2 heterocycles. The van der Waals surface area contributed by atoms with Crippen molar-refractivity contribution >= 4 is 39.9 Å². The number of anilines is 1. The molecule has 0 spiro atoms. The molecule has 5 nitrogen and oxygen atoms in total. The number of hydrogen-bond acceptors (Lipinski definition) is 7. The fourth-order valence-corrected chi connectivity index (χ4v) is 3.76. The summed E-state index contributed by atoms with van der Waals surface area (Å²) in [6.45, 7) is 4.52. The molecule has 0 fully saturated rings. The van der Waals surface area contributed by atoms with Crippen LogP contribution in [-0.4, -0.2) is 17.6 Å². The number of nitrogens with two attached hydrogens (primary N) is 1. The second-order valence-electron chi connectivity index (χ2n) is 5.75. The van der Waals surface area contributed by atoms with Gasteiger partial charge in [0.1, 0.15) is 23.3 Å². The molecule has 0 aromatic carbocycles. The Kier molecular flexibility index (Phi) is 6.60. The minimum atomic E-state index is -0.0507. The number of thiol groups is 1.